The van der Waals surface area contributed by atoms with Crippen molar-refractivity contribution in [2.45, 2.75) is 13.0 Å². The van der Waals surface area contributed by atoms with Gasteiger partial charge >= 0.3 is 0 Å². The van der Waals surface area contributed by atoms with Crippen LogP contribution in [0.5, 0.6) is 5.75 Å². The zero-order valence-corrected chi connectivity index (χ0v) is 17.5. The molecule has 9 heteroatoms. The number of pyridine rings is 1. The summed E-state index contributed by atoms with van der Waals surface area (Å²) in [4.78, 5) is 42.1. The van der Waals surface area contributed by atoms with Gasteiger partial charge in [0.05, 0.1) is 23.1 Å². The Kier molecular flexibility index (Phi) is 5.86. The first-order valence-corrected chi connectivity index (χ1v) is 10.1. The smallest absolute Gasteiger partial charge is 0.300 e. The fourth-order valence-corrected chi connectivity index (χ4v) is 3.77. The van der Waals surface area contributed by atoms with Crippen LogP contribution >= 0.6 is 0 Å². The number of Topliss-reactive ketones (excluding diaryl/α,β-unsaturated/α-hetero) is 1. The summed E-state index contributed by atoms with van der Waals surface area (Å²) in [6, 6.07) is 14.3. The van der Waals surface area contributed by atoms with Crippen LogP contribution in [-0.4, -0.2) is 33.3 Å². The Hall–Kier alpha value is -4.53. The number of ketones is 1. The van der Waals surface area contributed by atoms with Crippen LogP contribution in [0.3, 0.4) is 0 Å². The Balaban J connectivity index is 1.92. The fourth-order valence-electron chi connectivity index (χ4n) is 3.77. The maximum atomic E-state index is 13.1. The van der Waals surface area contributed by atoms with Crippen molar-refractivity contribution in [2.24, 2.45) is 0 Å². The number of carbonyl (C=O) groups excluding carboxylic acids is 2. The van der Waals surface area contributed by atoms with Gasteiger partial charge in [-0.05, 0) is 36.8 Å². The predicted molar refractivity (Wildman–Crippen MR) is 120 cm³/mol. The lowest BCUT2D eigenvalue weighted by molar-refractivity contribution is -0.384. The molecule has 4 rings (SSSR count). The lowest BCUT2D eigenvalue weighted by atomic mass is 9.95. The van der Waals surface area contributed by atoms with E-state index in [-0.39, 0.29) is 16.8 Å². The highest BCUT2D eigenvalue weighted by Gasteiger charge is 2.47. The van der Waals surface area contributed by atoms with E-state index in [1.165, 1.54) is 35.5 Å². The maximum absolute atomic E-state index is 13.1. The van der Waals surface area contributed by atoms with Gasteiger partial charge in [-0.15, -0.1) is 0 Å². The van der Waals surface area contributed by atoms with Gasteiger partial charge in [0.25, 0.3) is 17.4 Å². The molecule has 0 spiro atoms. The zero-order chi connectivity index (χ0) is 23.5. The zero-order valence-electron chi connectivity index (χ0n) is 17.5. The number of non-ortho nitro benzene ring substituents is 1. The number of aromatic nitrogens is 1. The van der Waals surface area contributed by atoms with E-state index in [0.29, 0.717) is 23.6 Å². The van der Waals surface area contributed by atoms with Gasteiger partial charge in [-0.3, -0.25) is 29.6 Å². The lowest BCUT2D eigenvalue weighted by Crippen LogP contribution is -2.29. The van der Waals surface area contributed by atoms with Crippen LogP contribution in [0.2, 0.25) is 0 Å². The predicted octanol–water partition coefficient (Wildman–Crippen LogP) is 4.01. The highest BCUT2D eigenvalue weighted by atomic mass is 16.6. The van der Waals surface area contributed by atoms with Gasteiger partial charge in [-0.25, -0.2) is 0 Å². The summed E-state index contributed by atoms with van der Waals surface area (Å²) < 4.78 is 5.53. The molecule has 3 aromatic rings. The van der Waals surface area contributed by atoms with E-state index < -0.39 is 28.4 Å². The second kappa shape index (κ2) is 8.91. The first-order valence-electron chi connectivity index (χ1n) is 10.1. The Morgan fingerprint density at radius 2 is 1.85 bits per heavy atom. The molecule has 0 saturated carbocycles. The van der Waals surface area contributed by atoms with Gasteiger partial charge in [0, 0.05) is 41.8 Å². The van der Waals surface area contributed by atoms with Crippen molar-refractivity contribution in [3.05, 3.63) is 99.9 Å². The van der Waals surface area contributed by atoms with E-state index in [2.05, 4.69) is 4.98 Å². The van der Waals surface area contributed by atoms with Crippen molar-refractivity contribution in [2.75, 3.05) is 11.5 Å². The summed E-state index contributed by atoms with van der Waals surface area (Å²) in [6.07, 6.45) is 3.03. The van der Waals surface area contributed by atoms with E-state index >= 15 is 0 Å². The number of nitrogens with zero attached hydrogens (tertiary/aromatic N) is 3. The average molecular weight is 445 g/mol. The molecule has 0 aliphatic carbocycles. The minimum absolute atomic E-state index is 0.0596. The number of rotatable bonds is 6. The summed E-state index contributed by atoms with van der Waals surface area (Å²) in [6.45, 7) is 2.25. The second-order valence-electron chi connectivity index (χ2n) is 7.19. The number of benzene rings is 2. The maximum Gasteiger partial charge on any atom is 0.300 e. The third kappa shape index (κ3) is 4.03. The van der Waals surface area contributed by atoms with Crippen molar-refractivity contribution < 1.29 is 24.4 Å². The topological polar surface area (TPSA) is 123 Å². The molecule has 33 heavy (non-hydrogen) atoms. The normalized spacial score (nSPS) is 17.2. The number of nitro groups is 1. The number of hydrogen-bond donors (Lipinski definition) is 1. The summed E-state index contributed by atoms with van der Waals surface area (Å²) in [5.74, 6) is -1.72. The minimum Gasteiger partial charge on any atom is -0.507 e. The molecule has 0 bridgehead atoms. The molecule has 1 fully saturated rings. The molecule has 1 N–H and O–H groups in total. The monoisotopic (exact) mass is 445 g/mol. The summed E-state index contributed by atoms with van der Waals surface area (Å²) in [5.41, 5.74) is 0.580. The van der Waals surface area contributed by atoms with Crippen molar-refractivity contribution in [3.63, 3.8) is 0 Å². The molecule has 1 amide bonds. The van der Waals surface area contributed by atoms with Crippen LogP contribution in [-0.2, 0) is 9.59 Å². The third-order valence-corrected chi connectivity index (χ3v) is 5.20. The first-order chi connectivity index (χ1) is 15.9. The van der Waals surface area contributed by atoms with Crippen molar-refractivity contribution in [1.82, 2.24) is 4.98 Å². The number of ether oxygens (including phenoxy) is 1. The second-order valence-corrected chi connectivity index (χ2v) is 7.19. The van der Waals surface area contributed by atoms with Crippen molar-refractivity contribution in [1.29, 1.82) is 0 Å². The molecule has 1 aliphatic heterocycles. The molecule has 1 aliphatic rings. The van der Waals surface area contributed by atoms with Crippen LogP contribution in [0.4, 0.5) is 11.4 Å². The average Bonchev–Trinajstić information content (AvgIpc) is 3.10. The molecular formula is C24H19N3O6. The Labute approximate surface area is 188 Å². The number of carbonyl (C=O) groups is 2. The van der Waals surface area contributed by atoms with Gasteiger partial charge < -0.3 is 9.84 Å². The first kappa shape index (κ1) is 21.7. The molecule has 1 aromatic heterocycles. The lowest BCUT2D eigenvalue weighted by Gasteiger charge is -2.25. The van der Waals surface area contributed by atoms with Crippen LogP contribution in [0.1, 0.15) is 24.1 Å². The molecule has 2 aromatic carbocycles. The molecule has 166 valence electrons. The van der Waals surface area contributed by atoms with Gasteiger partial charge in [-0.1, -0.05) is 18.2 Å². The standard InChI is InChI=1S/C24H19N3O6/c1-2-33-19-8-4-6-17(14-19)26-21(15-9-11-25-12-10-15)20(23(29)24(26)30)22(28)16-5-3-7-18(13-16)27(31)32/h3-14,21,28H,2H2,1H3/b22-20-. The molecule has 1 saturated heterocycles. The Morgan fingerprint density at radius 1 is 1.12 bits per heavy atom. The number of amides is 1. The highest BCUT2D eigenvalue weighted by molar-refractivity contribution is 6.51. The van der Waals surface area contributed by atoms with Crippen LogP contribution in [0.25, 0.3) is 5.76 Å². The molecule has 0 radical (unpaired) electrons. The van der Waals surface area contributed by atoms with Crippen molar-refractivity contribution in [3.8, 4) is 5.75 Å². The summed E-state index contributed by atoms with van der Waals surface area (Å²) >= 11 is 0. The van der Waals surface area contributed by atoms with Crippen LogP contribution in [0, 0.1) is 10.1 Å². The molecule has 2 heterocycles. The van der Waals surface area contributed by atoms with Gasteiger partial charge in [0.1, 0.15) is 11.5 Å². The number of hydrogen-bond acceptors (Lipinski definition) is 7. The minimum atomic E-state index is -0.968. The summed E-state index contributed by atoms with van der Waals surface area (Å²) in [7, 11) is 0. The van der Waals surface area contributed by atoms with Gasteiger partial charge in [0.2, 0.25) is 0 Å². The van der Waals surface area contributed by atoms with E-state index in [1.807, 2.05) is 6.92 Å². The van der Waals surface area contributed by atoms with Gasteiger partial charge in [-0.2, -0.15) is 0 Å². The quantitative estimate of drug-likeness (QED) is 0.200. The van der Waals surface area contributed by atoms with Crippen LogP contribution in [0.15, 0.2) is 78.6 Å². The SMILES string of the molecule is CCOc1cccc(N2C(=O)C(=O)/C(=C(\O)c3cccc([N+](=O)[O-])c3)C2c2ccncc2)c1. The van der Waals surface area contributed by atoms with E-state index in [4.69, 9.17) is 4.74 Å². The summed E-state index contributed by atoms with van der Waals surface area (Å²) in [5, 5.41) is 22.2. The molecule has 1 atom stereocenters. The largest absolute Gasteiger partial charge is 0.507 e. The third-order valence-electron chi connectivity index (χ3n) is 5.20. The number of aliphatic hydroxyl groups is 1. The fraction of sp³-hybridized carbons (Fsp3) is 0.125. The van der Waals surface area contributed by atoms with Crippen LogP contribution < -0.4 is 9.64 Å². The van der Waals surface area contributed by atoms with E-state index in [9.17, 15) is 24.8 Å². The van der Waals surface area contributed by atoms with Crippen molar-refractivity contribution >= 4 is 28.8 Å². The Bertz CT molecular complexity index is 1270. The Morgan fingerprint density at radius 3 is 2.55 bits per heavy atom. The number of aliphatic hydroxyl groups excluding tert-OH is 1. The number of nitro benzene ring substituents is 1. The van der Waals surface area contributed by atoms with E-state index in [0.717, 1.165) is 6.07 Å². The number of anilines is 1. The molecule has 1 unspecified atom stereocenters. The van der Waals surface area contributed by atoms with Gasteiger partial charge in [0.15, 0.2) is 0 Å². The molecular weight excluding hydrogens is 426 g/mol. The van der Waals surface area contributed by atoms with E-state index in [1.54, 1.807) is 36.4 Å². The highest BCUT2D eigenvalue weighted by Crippen LogP contribution is 2.42. The molecule has 9 nitrogen and oxygen atoms in total.